The Morgan fingerprint density at radius 2 is 1.68 bits per heavy atom. The fraction of sp³-hybridized carbons (Fsp3) is 0.240. The van der Waals surface area contributed by atoms with Crippen molar-refractivity contribution < 1.29 is 19.1 Å². The molecule has 0 aliphatic heterocycles. The molecule has 0 fully saturated rings. The van der Waals surface area contributed by atoms with Gasteiger partial charge in [-0.3, -0.25) is 0 Å². The second-order valence-corrected chi connectivity index (χ2v) is 6.91. The standard InChI is InChI=1S/C25H24N2O4/c1-6-20-22(26-3)21(23(27(20)4)25(29)31-7-2)17-13-11-16(12-14-17)18-9-8-10-19(15-18)24(28)30-5/h8-15H,6-7H2,1-2,4-5H3. The Hall–Kier alpha value is -3.85. The summed E-state index contributed by atoms with van der Waals surface area (Å²) in [6, 6.07) is 14.8. The normalized spacial score (nSPS) is 10.4. The van der Waals surface area contributed by atoms with Crippen molar-refractivity contribution in [3.63, 3.8) is 0 Å². The molecule has 3 rings (SSSR count). The molecule has 0 radical (unpaired) electrons. The Labute approximate surface area is 181 Å². The molecule has 0 bridgehead atoms. The van der Waals surface area contributed by atoms with Crippen molar-refractivity contribution in [2.45, 2.75) is 20.3 Å². The Bertz CT molecular complexity index is 1170. The maximum absolute atomic E-state index is 12.7. The van der Waals surface area contributed by atoms with Gasteiger partial charge in [-0.15, -0.1) is 0 Å². The van der Waals surface area contributed by atoms with Crippen LogP contribution >= 0.6 is 0 Å². The Kier molecular flexibility index (Phi) is 6.56. The first-order chi connectivity index (χ1) is 15.0. The number of carbonyl (C=O) groups excluding carboxylic acids is 2. The molecule has 0 saturated carbocycles. The highest BCUT2D eigenvalue weighted by atomic mass is 16.5. The van der Waals surface area contributed by atoms with E-state index in [0.717, 1.165) is 22.4 Å². The minimum absolute atomic E-state index is 0.258. The van der Waals surface area contributed by atoms with Crippen molar-refractivity contribution in [2.75, 3.05) is 13.7 Å². The van der Waals surface area contributed by atoms with Crippen LogP contribution in [-0.2, 0) is 22.9 Å². The molecular weight excluding hydrogens is 392 g/mol. The predicted molar refractivity (Wildman–Crippen MR) is 119 cm³/mol. The van der Waals surface area contributed by atoms with Gasteiger partial charge in [0, 0.05) is 18.3 Å². The molecule has 31 heavy (non-hydrogen) atoms. The second kappa shape index (κ2) is 9.31. The van der Waals surface area contributed by atoms with Crippen molar-refractivity contribution in [1.82, 2.24) is 4.57 Å². The molecule has 0 aliphatic carbocycles. The van der Waals surface area contributed by atoms with Gasteiger partial charge in [-0.05, 0) is 42.2 Å². The molecule has 1 heterocycles. The van der Waals surface area contributed by atoms with Crippen molar-refractivity contribution in [2.24, 2.45) is 7.05 Å². The van der Waals surface area contributed by atoms with E-state index in [0.29, 0.717) is 28.9 Å². The summed E-state index contributed by atoms with van der Waals surface area (Å²) in [5.74, 6) is -0.838. The fourth-order valence-electron chi connectivity index (χ4n) is 3.73. The molecule has 0 atom stereocenters. The monoisotopic (exact) mass is 416 g/mol. The number of benzene rings is 2. The van der Waals surface area contributed by atoms with Crippen LogP contribution in [0.25, 0.3) is 27.1 Å². The van der Waals surface area contributed by atoms with Gasteiger partial charge in [0.05, 0.1) is 25.9 Å². The van der Waals surface area contributed by atoms with Crippen LogP contribution in [0.4, 0.5) is 5.69 Å². The van der Waals surface area contributed by atoms with Crippen LogP contribution in [0.2, 0.25) is 0 Å². The van der Waals surface area contributed by atoms with Gasteiger partial charge in [-0.25, -0.2) is 14.4 Å². The van der Waals surface area contributed by atoms with E-state index in [1.165, 1.54) is 7.11 Å². The summed E-state index contributed by atoms with van der Waals surface area (Å²) in [6.45, 7) is 11.7. The van der Waals surface area contributed by atoms with Crippen molar-refractivity contribution in [3.05, 3.63) is 76.9 Å². The average molecular weight is 416 g/mol. The smallest absolute Gasteiger partial charge is 0.354 e. The summed E-state index contributed by atoms with van der Waals surface area (Å²) in [7, 11) is 3.14. The van der Waals surface area contributed by atoms with Crippen molar-refractivity contribution >= 4 is 17.6 Å². The Balaban J connectivity index is 2.10. The van der Waals surface area contributed by atoms with E-state index in [9.17, 15) is 9.59 Å². The first-order valence-corrected chi connectivity index (χ1v) is 10.0. The van der Waals surface area contributed by atoms with Crippen LogP contribution in [-0.4, -0.2) is 30.2 Å². The van der Waals surface area contributed by atoms with E-state index in [-0.39, 0.29) is 6.61 Å². The maximum Gasteiger partial charge on any atom is 0.354 e. The summed E-state index contributed by atoms with van der Waals surface area (Å²) in [4.78, 5) is 28.2. The van der Waals surface area contributed by atoms with Crippen LogP contribution in [0.15, 0.2) is 48.5 Å². The van der Waals surface area contributed by atoms with Crippen LogP contribution in [0, 0.1) is 6.57 Å². The van der Waals surface area contributed by atoms with E-state index in [4.69, 9.17) is 16.0 Å². The molecule has 2 aromatic carbocycles. The molecular formula is C25H24N2O4. The van der Waals surface area contributed by atoms with E-state index in [1.54, 1.807) is 36.7 Å². The van der Waals surface area contributed by atoms with E-state index in [2.05, 4.69) is 4.85 Å². The minimum atomic E-state index is -0.445. The molecule has 0 aliphatic rings. The number of hydrogen-bond donors (Lipinski definition) is 0. The highest BCUT2D eigenvalue weighted by Crippen LogP contribution is 2.40. The number of aromatic nitrogens is 1. The summed E-state index contributed by atoms with van der Waals surface area (Å²) in [5.41, 5.74) is 5.23. The van der Waals surface area contributed by atoms with Crippen LogP contribution < -0.4 is 0 Å². The highest BCUT2D eigenvalue weighted by molar-refractivity contribution is 6.02. The zero-order valence-corrected chi connectivity index (χ0v) is 18.1. The number of nitrogens with zero attached hydrogens (tertiary/aromatic N) is 2. The number of hydrogen-bond acceptors (Lipinski definition) is 4. The van der Waals surface area contributed by atoms with Gasteiger partial charge in [0.2, 0.25) is 5.69 Å². The fourth-order valence-corrected chi connectivity index (χ4v) is 3.73. The summed E-state index contributed by atoms with van der Waals surface area (Å²) >= 11 is 0. The largest absolute Gasteiger partial charge is 0.465 e. The lowest BCUT2D eigenvalue weighted by Gasteiger charge is -2.10. The SMILES string of the molecule is [C-]#[N+]c1c(-c2ccc(-c3cccc(C(=O)OC)c3)cc2)c(C(=O)OCC)n(C)c1CC. The zero-order valence-electron chi connectivity index (χ0n) is 18.1. The molecule has 1 aromatic heterocycles. The first-order valence-electron chi connectivity index (χ1n) is 10.0. The number of ether oxygens (including phenoxy) is 2. The number of methoxy groups -OCH3 is 1. The zero-order chi connectivity index (χ0) is 22.5. The lowest BCUT2D eigenvalue weighted by molar-refractivity contribution is 0.0515. The topological polar surface area (TPSA) is 61.9 Å². The van der Waals surface area contributed by atoms with Crippen LogP contribution in [0.1, 0.15) is 40.4 Å². The summed E-state index contributed by atoms with van der Waals surface area (Å²) in [6.07, 6.45) is 0.624. The molecule has 6 heteroatoms. The molecule has 3 aromatic rings. The lowest BCUT2D eigenvalue weighted by Crippen LogP contribution is -2.12. The van der Waals surface area contributed by atoms with Crippen LogP contribution in [0.5, 0.6) is 0 Å². The quantitative estimate of drug-likeness (QED) is 0.397. The average Bonchev–Trinajstić information content (AvgIpc) is 3.10. The van der Waals surface area contributed by atoms with Gasteiger partial charge >= 0.3 is 11.9 Å². The summed E-state index contributed by atoms with van der Waals surface area (Å²) < 4.78 is 11.8. The van der Waals surface area contributed by atoms with Gasteiger partial charge in [0.1, 0.15) is 5.69 Å². The molecule has 0 spiro atoms. The predicted octanol–water partition coefficient (Wildman–Crippen LogP) is 5.44. The molecule has 0 N–H and O–H groups in total. The third kappa shape index (κ3) is 4.08. The Morgan fingerprint density at radius 1 is 1.00 bits per heavy atom. The number of rotatable bonds is 6. The van der Waals surface area contributed by atoms with Gasteiger partial charge < -0.3 is 14.0 Å². The second-order valence-electron chi connectivity index (χ2n) is 6.91. The molecule has 6 nitrogen and oxygen atoms in total. The van der Waals surface area contributed by atoms with Crippen LogP contribution in [0.3, 0.4) is 0 Å². The third-order valence-electron chi connectivity index (χ3n) is 5.19. The molecule has 0 unspecified atom stereocenters. The third-order valence-corrected chi connectivity index (χ3v) is 5.19. The van der Waals surface area contributed by atoms with Gasteiger partial charge in [0.15, 0.2) is 0 Å². The first kappa shape index (κ1) is 21.8. The van der Waals surface area contributed by atoms with E-state index in [1.807, 2.05) is 37.3 Å². The number of carbonyl (C=O) groups is 2. The van der Waals surface area contributed by atoms with E-state index >= 15 is 0 Å². The van der Waals surface area contributed by atoms with E-state index < -0.39 is 11.9 Å². The minimum Gasteiger partial charge on any atom is -0.465 e. The number of esters is 2. The molecule has 158 valence electrons. The lowest BCUT2D eigenvalue weighted by atomic mass is 9.98. The van der Waals surface area contributed by atoms with Crippen molar-refractivity contribution in [1.29, 1.82) is 0 Å². The van der Waals surface area contributed by atoms with Gasteiger partial charge in [-0.1, -0.05) is 43.3 Å². The van der Waals surface area contributed by atoms with Crippen molar-refractivity contribution in [3.8, 4) is 22.3 Å². The van der Waals surface area contributed by atoms with Gasteiger partial charge in [-0.2, -0.15) is 0 Å². The summed E-state index contributed by atoms with van der Waals surface area (Å²) in [5, 5.41) is 0. The Morgan fingerprint density at radius 3 is 2.26 bits per heavy atom. The van der Waals surface area contributed by atoms with Gasteiger partial charge in [0.25, 0.3) is 0 Å². The maximum atomic E-state index is 12.7. The highest BCUT2D eigenvalue weighted by Gasteiger charge is 2.26. The molecule has 0 amide bonds. The molecule has 0 saturated heterocycles.